The van der Waals surface area contributed by atoms with Crippen molar-refractivity contribution in [3.8, 4) is 17.2 Å². The van der Waals surface area contributed by atoms with Crippen molar-refractivity contribution in [2.24, 2.45) is 0 Å². The molecule has 1 N–H and O–H groups in total. The predicted octanol–water partition coefficient (Wildman–Crippen LogP) is 2.20. The van der Waals surface area contributed by atoms with Crippen molar-refractivity contribution in [1.29, 1.82) is 0 Å². The molecular formula is C10H10ClFO5. The van der Waals surface area contributed by atoms with Crippen LogP contribution in [0.2, 0.25) is 5.02 Å². The van der Waals surface area contributed by atoms with E-state index in [1.165, 1.54) is 21.3 Å². The van der Waals surface area contributed by atoms with Gasteiger partial charge in [0.05, 0.1) is 21.3 Å². The highest BCUT2D eigenvalue weighted by Crippen LogP contribution is 2.46. The molecule has 0 aliphatic rings. The molecule has 1 aromatic carbocycles. The minimum absolute atomic E-state index is 0.0928. The SMILES string of the molecule is COc1c(F)c(C(=O)O)c(Cl)c(OC)c1OC. The fraction of sp³-hybridized carbons (Fsp3) is 0.300. The zero-order valence-electron chi connectivity index (χ0n) is 9.34. The Balaban J connectivity index is 3.73. The Morgan fingerprint density at radius 3 is 1.94 bits per heavy atom. The quantitative estimate of drug-likeness (QED) is 0.903. The number of ether oxygens (including phenoxy) is 3. The predicted molar refractivity (Wildman–Crippen MR) is 58.0 cm³/mol. The molecule has 0 aromatic heterocycles. The van der Waals surface area contributed by atoms with Gasteiger partial charge in [0.2, 0.25) is 11.5 Å². The molecule has 0 unspecified atom stereocenters. The second kappa shape index (κ2) is 5.09. The van der Waals surface area contributed by atoms with Crippen LogP contribution in [-0.2, 0) is 0 Å². The molecule has 0 amide bonds. The number of carboxylic acids is 1. The summed E-state index contributed by atoms with van der Waals surface area (Å²) in [5, 5.41) is 8.49. The van der Waals surface area contributed by atoms with Gasteiger partial charge in [-0.2, -0.15) is 0 Å². The summed E-state index contributed by atoms with van der Waals surface area (Å²) in [6.45, 7) is 0. The molecule has 0 saturated heterocycles. The summed E-state index contributed by atoms with van der Waals surface area (Å²) < 4.78 is 28.4. The van der Waals surface area contributed by atoms with Crippen molar-refractivity contribution in [2.45, 2.75) is 0 Å². The third kappa shape index (κ3) is 2.08. The van der Waals surface area contributed by atoms with E-state index in [1.54, 1.807) is 0 Å². The normalized spacial score (nSPS) is 9.94. The lowest BCUT2D eigenvalue weighted by Crippen LogP contribution is -2.07. The van der Waals surface area contributed by atoms with Crippen LogP contribution in [0.4, 0.5) is 4.39 Å². The van der Waals surface area contributed by atoms with Crippen LogP contribution in [0.1, 0.15) is 10.4 Å². The van der Waals surface area contributed by atoms with Gasteiger partial charge in [0.15, 0.2) is 11.6 Å². The largest absolute Gasteiger partial charge is 0.491 e. The van der Waals surface area contributed by atoms with Crippen LogP contribution in [0.25, 0.3) is 0 Å². The average molecular weight is 265 g/mol. The first-order chi connectivity index (χ1) is 7.99. The molecule has 0 spiro atoms. The van der Waals surface area contributed by atoms with Gasteiger partial charge in [-0.1, -0.05) is 11.6 Å². The van der Waals surface area contributed by atoms with Crippen LogP contribution in [0, 0.1) is 5.82 Å². The summed E-state index contributed by atoms with van der Waals surface area (Å²) in [6.07, 6.45) is 0. The summed E-state index contributed by atoms with van der Waals surface area (Å²) in [7, 11) is 3.70. The highest BCUT2D eigenvalue weighted by Gasteiger charge is 2.29. The first-order valence-electron chi connectivity index (χ1n) is 4.39. The highest BCUT2D eigenvalue weighted by atomic mass is 35.5. The number of benzene rings is 1. The molecule has 17 heavy (non-hydrogen) atoms. The first-order valence-corrected chi connectivity index (χ1v) is 4.77. The monoisotopic (exact) mass is 264 g/mol. The molecule has 0 radical (unpaired) electrons. The Kier molecular flexibility index (Phi) is 4.01. The molecule has 5 nitrogen and oxygen atoms in total. The van der Waals surface area contributed by atoms with E-state index in [1.807, 2.05) is 0 Å². The Morgan fingerprint density at radius 2 is 1.59 bits per heavy atom. The minimum Gasteiger partial charge on any atom is -0.491 e. The first kappa shape index (κ1) is 13.4. The van der Waals surface area contributed by atoms with Crippen LogP contribution in [0.15, 0.2) is 0 Å². The van der Waals surface area contributed by atoms with Gasteiger partial charge in [-0.25, -0.2) is 9.18 Å². The molecule has 7 heteroatoms. The number of hydrogen-bond donors (Lipinski definition) is 1. The van der Waals surface area contributed by atoms with E-state index < -0.39 is 17.3 Å². The van der Waals surface area contributed by atoms with Gasteiger partial charge in [0.25, 0.3) is 0 Å². The zero-order valence-corrected chi connectivity index (χ0v) is 10.1. The Hall–Kier alpha value is -1.69. The average Bonchev–Trinajstić information content (AvgIpc) is 2.27. The van der Waals surface area contributed by atoms with Crippen molar-refractivity contribution >= 4 is 17.6 Å². The number of carbonyl (C=O) groups is 1. The second-order valence-electron chi connectivity index (χ2n) is 2.91. The highest BCUT2D eigenvalue weighted by molar-refractivity contribution is 6.35. The number of methoxy groups -OCH3 is 3. The Morgan fingerprint density at radius 1 is 1.12 bits per heavy atom. The van der Waals surface area contributed by atoms with E-state index in [2.05, 4.69) is 0 Å². The summed E-state index contributed by atoms with van der Waals surface area (Å²) in [4.78, 5) is 10.9. The lowest BCUT2D eigenvalue weighted by molar-refractivity contribution is 0.0690. The number of aromatic carboxylic acids is 1. The molecule has 0 fully saturated rings. The van der Waals surface area contributed by atoms with Crippen molar-refractivity contribution in [3.05, 3.63) is 16.4 Å². The van der Waals surface area contributed by atoms with Crippen LogP contribution in [0.5, 0.6) is 17.2 Å². The molecule has 0 atom stereocenters. The topological polar surface area (TPSA) is 65.0 Å². The van der Waals surface area contributed by atoms with E-state index in [4.69, 9.17) is 30.9 Å². The fourth-order valence-corrected chi connectivity index (χ4v) is 1.69. The molecule has 0 aliphatic carbocycles. The minimum atomic E-state index is -1.52. The standard InChI is InChI=1S/C10H10ClFO5/c1-15-7-5(11)4(10(13)14)6(12)8(16-2)9(7)17-3/h1-3H3,(H,13,14). The van der Waals surface area contributed by atoms with Crippen LogP contribution < -0.4 is 14.2 Å². The van der Waals surface area contributed by atoms with Crippen molar-refractivity contribution in [1.82, 2.24) is 0 Å². The van der Waals surface area contributed by atoms with Crippen molar-refractivity contribution in [2.75, 3.05) is 21.3 Å². The third-order valence-corrected chi connectivity index (χ3v) is 2.44. The van der Waals surface area contributed by atoms with Crippen molar-refractivity contribution in [3.63, 3.8) is 0 Å². The summed E-state index contributed by atoms with van der Waals surface area (Å²) >= 11 is 5.74. The van der Waals surface area contributed by atoms with E-state index in [0.717, 1.165) is 0 Å². The van der Waals surface area contributed by atoms with E-state index in [0.29, 0.717) is 0 Å². The lowest BCUT2D eigenvalue weighted by Gasteiger charge is -2.15. The Bertz CT molecular complexity index is 429. The second-order valence-corrected chi connectivity index (χ2v) is 3.29. The van der Waals surface area contributed by atoms with Gasteiger partial charge in [0.1, 0.15) is 10.6 Å². The summed E-state index contributed by atoms with van der Waals surface area (Å²) in [5.41, 5.74) is -0.721. The van der Waals surface area contributed by atoms with Gasteiger partial charge in [-0.15, -0.1) is 0 Å². The number of carboxylic acid groups (broad SMARTS) is 1. The molecule has 0 aliphatic heterocycles. The van der Waals surface area contributed by atoms with E-state index in [9.17, 15) is 9.18 Å². The van der Waals surface area contributed by atoms with Gasteiger partial charge >= 0.3 is 5.97 Å². The molecule has 1 aromatic rings. The molecule has 1 rings (SSSR count). The van der Waals surface area contributed by atoms with Crippen LogP contribution in [-0.4, -0.2) is 32.4 Å². The summed E-state index contributed by atoms with van der Waals surface area (Å²) in [6, 6.07) is 0. The van der Waals surface area contributed by atoms with Crippen molar-refractivity contribution < 1.29 is 28.5 Å². The number of rotatable bonds is 4. The number of halogens is 2. The van der Waals surface area contributed by atoms with E-state index >= 15 is 0 Å². The lowest BCUT2D eigenvalue weighted by atomic mass is 10.1. The fourth-order valence-electron chi connectivity index (χ4n) is 1.36. The smallest absolute Gasteiger partial charge is 0.340 e. The maximum absolute atomic E-state index is 13.8. The molecule has 0 bridgehead atoms. The van der Waals surface area contributed by atoms with Gasteiger partial charge in [-0.3, -0.25) is 0 Å². The maximum Gasteiger partial charge on any atom is 0.340 e. The maximum atomic E-state index is 13.8. The molecule has 0 heterocycles. The summed E-state index contributed by atoms with van der Waals surface area (Å²) in [5.74, 6) is -3.19. The van der Waals surface area contributed by atoms with Gasteiger partial charge < -0.3 is 19.3 Å². The molecule has 94 valence electrons. The van der Waals surface area contributed by atoms with Crippen LogP contribution in [0.3, 0.4) is 0 Å². The van der Waals surface area contributed by atoms with E-state index in [-0.39, 0.29) is 22.3 Å². The van der Waals surface area contributed by atoms with Gasteiger partial charge in [-0.05, 0) is 0 Å². The number of hydrogen-bond acceptors (Lipinski definition) is 4. The van der Waals surface area contributed by atoms with Crippen LogP contribution >= 0.6 is 11.6 Å². The van der Waals surface area contributed by atoms with Gasteiger partial charge in [0, 0.05) is 0 Å². The Labute approximate surface area is 102 Å². The molecular weight excluding hydrogens is 255 g/mol. The molecule has 0 saturated carbocycles. The third-order valence-electron chi connectivity index (χ3n) is 2.08. The zero-order chi connectivity index (χ0) is 13.2.